The van der Waals surface area contributed by atoms with Crippen LogP contribution in [0.5, 0.6) is 11.5 Å². The van der Waals surface area contributed by atoms with Crippen molar-refractivity contribution in [3.05, 3.63) is 41.8 Å². The molecule has 0 atom stereocenters. The fourth-order valence-electron chi connectivity index (χ4n) is 1.37. The molecule has 0 amide bonds. The Bertz CT molecular complexity index is 549. The number of carbonyl (C=O) groups is 1. The van der Waals surface area contributed by atoms with Crippen LogP contribution in [0.3, 0.4) is 0 Å². The van der Waals surface area contributed by atoms with Crippen molar-refractivity contribution in [1.82, 2.24) is 5.16 Å². The molecule has 0 aliphatic heterocycles. The predicted octanol–water partition coefficient (Wildman–Crippen LogP) is 1.96. The molecule has 0 spiro atoms. The molecule has 2 aromatic rings. The zero-order valence-corrected chi connectivity index (χ0v) is 9.62. The number of ether oxygens (including phenoxy) is 2. The molecule has 6 heteroatoms. The van der Waals surface area contributed by atoms with Crippen molar-refractivity contribution in [2.75, 3.05) is 7.11 Å². The predicted molar refractivity (Wildman–Crippen MR) is 60.8 cm³/mol. The Kier molecular flexibility index (Phi) is 3.47. The summed E-state index contributed by atoms with van der Waals surface area (Å²) >= 11 is 0. The maximum absolute atomic E-state index is 10.6. The Labute approximate surface area is 103 Å². The number of hydrogen-bond donors (Lipinski definition) is 1. The summed E-state index contributed by atoms with van der Waals surface area (Å²) < 4.78 is 15.4. The smallest absolute Gasteiger partial charge is 0.358 e. The third kappa shape index (κ3) is 2.60. The maximum atomic E-state index is 10.6. The van der Waals surface area contributed by atoms with Gasteiger partial charge in [-0.05, 0) is 12.1 Å². The Morgan fingerprint density at radius 3 is 2.72 bits per heavy atom. The molecule has 18 heavy (non-hydrogen) atoms. The van der Waals surface area contributed by atoms with Crippen LogP contribution in [0.4, 0.5) is 0 Å². The highest BCUT2D eigenvalue weighted by Gasteiger charge is 2.11. The van der Waals surface area contributed by atoms with Gasteiger partial charge in [0, 0.05) is 6.07 Å². The van der Waals surface area contributed by atoms with E-state index in [9.17, 15) is 4.79 Å². The fourth-order valence-corrected chi connectivity index (χ4v) is 1.37. The summed E-state index contributed by atoms with van der Waals surface area (Å²) in [6.45, 7) is 0.0840. The molecule has 1 N–H and O–H groups in total. The van der Waals surface area contributed by atoms with E-state index in [1.165, 1.54) is 6.07 Å². The highest BCUT2D eigenvalue weighted by molar-refractivity contribution is 5.85. The number of benzene rings is 1. The van der Waals surface area contributed by atoms with Crippen LogP contribution in [0.2, 0.25) is 0 Å². The van der Waals surface area contributed by atoms with Crippen LogP contribution >= 0.6 is 0 Å². The Balaban J connectivity index is 2.04. The molecule has 0 radical (unpaired) electrons. The van der Waals surface area contributed by atoms with E-state index in [0.29, 0.717) is 17.3 Å². The maximum Gasteiger partial charge on any atom is 0.358 e. The largest absolute Gasteiger partial charge is 0.493 e. The number of carboxylic acid groups (broad SMARTS) is 1. The van der Waals surface area contributed by atoms with Gasteiger partial charge in [-0.15, -0.1) is 0 Å². The molecule has 1 heterocycles. The van der Waals surface area contributed by atoms with E-state index in [1.54, 1.807) is 25.3 Å². The Morgan fingerprint density at radius 2 is 2.11 bits per heavy atom. The van der Waals surface area contributed by atoms with E-state index >= 15 is 0 Å². The standard InChI is InChI=1S/C12H11NO5/c1-16-10-4-2-3-5-11(10)17-7-8-6-9(12(14)15)13-18-8/h2-6H,7H2,1H3,(H,14,15). The number of aromatic nitrogens is 1. The first kappa shape index (κ1) is 12.0. The highest BCUT2D eigenvalue weighted by atomic mass is 16.5. The highest BCUT2D eigenvalue weighted by Crippen LogP contribution is 2.26. The molecular formula is C12H11NO5. The quantitative estimate of drug-likeness (QED) is 0.872. The molecule has 0 bridgehead atoms. The molecule has 2 rings (SSSR count). The van der Waals surface area contributed by atoms with Crippen molar-refractivity contribution < 1.29 is 23.9 Å². The van der Waals surface area contributed by atoms with Gasteiger partial charge in [-0.2, -0.15) is 0 Å². The monoisotopic (exact) mass is 249 g/mol. The van der Waals surface area contributed by atoms with Gasteiger partial charge in [0.05, 0.1) is 7.11 Å². The summed E-state index contributed by atoms with van der Waals surface area (Å²) in [5.41, 5.74) is -0.145. The van der Waals surface area contributed by atoms with Crippen LogP contribution in [0.1, 0.15) is 16.2 Å². The van der Waals surface area contributed by atoms with Crippen LogP contribution in [-0.2, 0) is 6.61 Å². The zero-order valence-electron chi connectivity index (χ0n) is 9.62. The minimum Gasteiger partial charge on any atom is -0.493 e. The van der Waals surface area contributed by atoms with Crippen molar-refractivity contribution in [1.29, 1.82) is 0 Å². The van der Waals surface area contributed by atoms with Crippen molar-refractivity contribution in [3.63, 3.8) is 0 Å². The second-order valence-corrected chi connectivity index (χ2v) is 3.42. The fraction of sp³-hybridized carbons (Fsp3) is 0.167. The Morgan fingerprint density at radius 1 is 1.39 bits per heavy atom. The molecule has 0 aliphatic carbocycles. The Hall–Kier alpha value is -2.50. The lowest BCUT2D eigenvalue weighted by molar-refractivity contribution is 0.0685. The number of aromatic carboxylic acids is 1. The third-order valence-corrected chi connectivity index (χ3v) is 2.22. The van der Waals surface area contributed by atoms with Crippen LogP contribution in [0.15, 0.2) is 34.9 Å². The van der Waals surface area contributed by atoms with Crippen molar-refractivity contribution >= 4 is 5.97 Å². The lowest BCUT2D eigenvalue weighted by Crippen LogP contribution is -1.97. The van der Waals surface area contributed by atoms with E-state index in [0.717, 1.165) is 0 Å². The molecule has 0 saturated heterocycles. The molecule has 0 fully saturated rings. The summed E-state index contributed by atoms with van der Waals surface area (Å²) in [4.78, 5) is 10.6. The van der Waals surface area contributed by atoms with Crippen molar-refractivity contribution in [2.24, 2.45) is 0 Å². The summed E-state index contributed by atoms with van der Waals surface area (Å²) in [7, 11) is 1.54. The number of hydrogen-bond acceptors (Lipinski definition) is 5. The summed E-state index contributed by atoms with van der Waals surface area (Å²) in [6.07, 6.45) is 0. The van der Waals surface area contributed by atoms with Crippen LogP contribution in [0, 0.1) is 0 Å². The summed E-state index contributed by atoms with van der Waals surface area (Å²) in [5.74, 6) is 0.337. The van der Waals surface area contributed by atoms with E-state index < -0.39 is 5.97 Å². The van der Waals surface area contributed by atoms with Crippen LogP contribution in [0.25, 0.3) is 0 Å². The van der Waals surface area contributed by atoms with E-state index in [-0.39, 0.29) is 12.3 Å². The molecule has 1 aromatic heterocycles. The van der Waals surface area contributed by atoms with Crippen molar-refractivity contribution in [2.45, 2.75) is 6.61 Å². The topological polar surface area (TPSA) is 81.8 Å². The van der Waals surface area contributed by atoms with Crippen LogP contribution < -0.4 is 9.47 Å². The van der Waals surface area contributed by atoms with E-state index in [4.69, 9.17) is 19.1 Å². The van der Waals surface area contributed by atoms with Gasteiger partial charge in [0.15, 0.2) is 23.0 Å². The molecule has 6 nitrogen and oxygen atoms in total. The van der Waals surface area contributed by atoms with Gasteiger partial charge in [-0.1, -0.05) is 17.3 Å². The molecular weight excluding hydrogens is 238 g/mol. The molecule has 0 unspecified atom stereocenters. The van der Waals surface area contributed by atoms with Gasteiger partial charge in [-0.3, -0.25) is 0 Å². The molecule has 1 aromatic carbocycles. The first-order chi connectivity index (χ1) is 8.70. The average Bonchev–Trinajstić information content (AvgIpc) is 2.85. The van der Waals surface area contributed by atoms with Gasteiger partial charge in [0.25, 0.3) is 0 Å². The van der Waals surface area contributed by atoms with Crippen molar-refractivity contribution in [3.8, 4) is 11.5 Å². The minimum absolute atomic E-state index is 0.0840. The van der Waals surface area contributed by atoms with Gasteiger partial charge in [0.2, 0.25) is 0 Å². The zero-order chi connectivity index (χ0) is 13.0. The third-order valence-electron chi connectivity index (χ3n) is 2.22. The number of nitrogens with zero attached hydrogens (tertiary/aromatic N) is 1. The normalized spacial score (nSPS) is 10.1. The average molecular weight is 249 g/mol. The SMILES string of the molecule is COc1ccccc1OCc1cc(C(=O)O)no1. The summed E-state index contributed by atoms with van der Waals surface area (Å²) in [6, 6.07) is 8.45. The lowest BCUT2D eigenvalue weighted by atomic mass is 10.3. The van der Waals surface area contributed by atoms with Gasteiger partial charge < -0.3 is 19.1 Å². The number of carboxylic acids is 1. The van der Waals surface area contributed by atoms with Gasteiger partial charge in [-0.25, -0.2) is 4.79 Å². The van der Waals surface area contributed by atoms with E-state index in [1.807, 2.05) is 6.07 Å². The lowest BCUT2D eigenvalue weighted by Gasteiger charge is -2.08. The minimum atomic E-state index is -1.14. The second-order valence-electron chi connectivity index (χ2n) is 3.42. The number of methoxy groups -OCH3 is 1. The van der Waals surface area contributed by atoms with Gasteiger partial charge >= 0.3 is 5.97 Å². The number of rotatable bonds is 5. The molecule has 0 saturated carbocycles. The number of para-hydroxylation sites is 2. The van der Waals surface area contributed by atoms with Crippen LogP contribution in [-0.4, -0.2) is 23.3 Å². The second kappa shape index (κ2) is 5.22. The first-order valence-electron chi connectivity index (χ1n) is 5.15. The van der Waals surface area contributed by atoms with Gasteiger partial charge in [0.1, 0.15) is 6.61 Å². The molecule has 94 valence electrons. The first-order valence-corrected chi connectivity index (χ1v) is 5.15. The summed E-state index contributed by atoms with van der Waals surface area (Å²) in [5, 5.41) is 12.1. The van der Waals surface area contributed by atoms with E-state index in [2.05, 4.69) is 5.16 Å². The molecule has 0 aliphatic rings.